The minimum absolute atomic E-state index is 0.230. The predicted molar refractivity (Wildman–Crippen MR) is 82.4 cm³/mol. The standard InChI is InChI=1S/C12H14Cl2INO2/c1-2-8(17)3-4-16-12(18)9-5-7(13)6-10(14)11(9)15/h5-6,8,17H,2-4H2,1H3,(H,16,18). The van der Waals surface area contributed by atoms with Crippen LogP contribution in [-0.2, 0) is 0 Å². The summed E-state index contributed by atoms with van der Waals surface area (Å²) in [5.41, 5.74) is 0.457. The predicted octanol–water partition coefficient (Wildman–Crippen LogP) is 3.49. The second kappa shape index (κ2) is 7.53. The maximum atomic E-state index is 11.9. The lowest BCUT2D eigenvalue weighted by molar-refractivity contribution is 0.0941. The van der Waals surface area contributed by atoms with Gasteiger partial charge in [-0.25, -0.2) is 0 Å². The van der Waals surface area contributed by atoms with Gasteiger partial charge in [-0.05, 0) is 47.6 Å². The lowest BCUT2D eigenvalue weighted by Gasteiger charge is -2.10. The molecule has 1 unspecified atom stereocenters. The van der Waals surface area contributed by atoms with E-state index in [-0.39, 0.29) is 12.0 Å². The van der Waals surface area contributed by atoms with Crippen LogP contribution in [0.15, 0.2) is 12.1 Å². The Balaban J connectivity index is 2.67. The Labute approximate surface area is 130 Å². The van der Waals surface area contributed by atoms with Crippen molar-refractivity contribution in [3.05, 3.63) is 31.3 Å². The average molecular weight is 402 g/mol. The Bertz CT molecular complexity index is 440. The molecule has 1 aromatic carbocycles. The molecule has 0 spiro atoms. The summed E-state index contributed by atoms with van der Waals surface area (Å²) in [5.74, 6) is -0.230. The molecule has 18 heavy (non-hydrogen) atoms. The van der Waals surface area contributed by atoms with Gasteiger partial charge in [-0.2, -0.15) is 0 Å². The molecule has 2 N–H and O–H groups in total. The lowest BCUT2D eigenvalue weighted by Crippen LogP contribution is -2.27. The van der Waals surface area contributed by atoms with Crippen LogP contribution in [0, 0.1) is 3.57 Å². The van der Waals surface area contributed by atoms with E-state index >= 15 is 0 Å². The fourth-order valence-electron chi connectivity index (χ4n) is 1.37. The second-order valence-corrected chi connectivity index (χ2v) is 5.78. The van der Waals surface area contributed by atoms with Crippen molar-refractivity contribution in [3.8, 4) is 0 Å². The zero-order valence-corrected chi connectivity index (χ0v) is 13.5. The summed E-state index contributed by atoms with van der Waals surface area (Å²) >= 11 is 13.8. The number of benzene rings is 1. The third-order valence-corrected chi connectivity index (χ3v) is 4.47. The fraction of sp³-hybridized carbons (Fsp3) is 0.417. The third kappa shape index (κ3) is 4.57. The first-order valence-electron chi connectivity index (χ1n) is 5.56. The van der Waals surface area contributed by atoms with Crippen molar-refractivity contribution in [1.29, 1.82) is 0 Å². The number of halogens is 3. The van der Waals surface area contributed by atoms with Crippen LogP contribution in [0.4, 0.5) is 0 Å². The van der Waals surface area contributed by atoms with Gasteiger partial charge in [-0.3, -0.25) is 4.79 Å². The van der Waals surface area contributed by atoms with Gasteiger partial charge in [0.05, 0.1) is 16.7 Å². The zero-order chi connectivity index (χ0) is 13.7. The van der Waals surface area contributed by atoms with Gasteiger partial charge in [0.15, 0.2) is 0 Å². The third-order valence-electron chi connectivity index (χ3n) is 2.47. The number of amides is 1. The first kappa shape index (κ1) is 16.0. The van der Waals surface area contributed by atoms with Crippen molar-refractivity contribution in [2.45, 2.75) is 25.9 Å². The second-order valence-electron chi connectivity index (χ2n) is 3.86. The van der Waals surface area contributed by atoms with E-state index in [1.165, 1.54) is 0 Å². The van der Waals surface area contributed by atoms with Crippen molar-refractivity contribution in [2.75, 3.05) is 6.54 Å². The first-order chi connectivity index (χ1) is 8.45. The van der Waals surface area contributed by atoms with E-state index in [4.69, 9.17) is 23.2 Å². The quantitative estimate of drug-likeness (QED) is 0.586. The van der Waals surface area contributed by atoms with Gasteiger partial charge in [-0.15, -0.1) is 0 Å². The molecule has 0 heterocycles. The summed E-state index contributed by atoms with van der Waals surface area (Å²) in [7, 11) is 0. The molecule has 0 saturated heterocycles. The highest BCUT2D eigenvalue weighted by Gasteiger charge is 2.14. The van der Waals surface area contributed by atoms with E-state index < -0.39 is 0 Å². The number of carbonyl (C=O) groups excluding carboxylic acids is 1. The number of carbonyl (C=O) groups is 1. The number of hydrogen-bond donors (Lipinski definition) is 2. The van der Waals surface area contributed by atoms with Crippen molar-refractivity contribution in [2.24, 2.45) is 0 Å². The average Bonchev–Trinajstić information content (AvgIpc) is 2.33. The Kier molecular flexibility index (Phi) is 6.70. The molecule has 1 atom stereocenters. The maximum absolute atomic E-state index is 11.9. The van der Waals surface area contributed by atoms with Crippen LogP contribution in [0.5, 0.6) is 0 Å². The molecule has 0 saturated carbocycles. The number of aliphatic hydroxyl groups is 1. The zero-order valence-electron chi connectivity index (χ0n) is 9.84. The Morgan fingerprint density at radius 3 is 2.78 bits per heavy atom. The Morgan fingerprint density at radius 2 is 2.17 bits per heavy atom. The smallest absolute Gasteiger partial charge is 0.252 e. The molecule has 0 aliphatic heterocycles. The molecule has 100 valence electrons. The van der Waals surface area contributed by atoms with Crippen LogP contribution in [-0.4, -0.2) is 23.7 Å². The van der Waals surface area contributed by atoms with Gasteiger partial charge in [0.2, 0.25) is 0 Å². The Hall–Kier alpha value is -0.0400. The van der Waals surface area contributed by atoms with E-state index in [0.717, 1.165) is 0 Å². The van der Waals surface area contributed by atoms with E-state index in [0.29, 0.717) is 38.6 Å². The van der Waals surface area contributed by atoms with Crippen molar-refractivity contribution in [3.63, 3.8) is 0 Å². The van der Waals surface area contributed by atoms with Gasteiger partial charge >= 0.3 is 0 Å². The van der Waals surface area contributed by atoms with E-state index in [2.05, 4.69) is 5.32 Å². The molecule has 0 fully saturated rings. The van der Waals surface area contributed by atoms with Crippen LogP contribution >= 0.6 is 45.8 Å². The summed E-state index contributed by atoms with van der Waals surface area (Å²) in [6, 6.07) is 3.18. The summed E-state index contributed by atoms with van der Waals surface area (Å²) in [5, 5.41) is 13.0. The SMILES string of the molecule is CCC(O)CCNC(=O)c1cc(Cl)cc(Cl)c1I. The molecule has 0 radical (unpaired) electrons. The molecule has 1 rings (SSSR count). The molecule has 1 aromatic rings. The molecular weight excluding hydrogens is 388 g/mol. The van der Waals surface area contributed by atoms with Gasteiger partial charge in [0, 0.05) is 15.1 Å². The van der Waals surface area contributed by atoms with Crippen molar-refractivity contribution >= 4 is 51.7 Å². The van der Waals surface area contributed by atoms with Gasteiger partial charge in [0.25, 0.3) is 5.91 Å². The van der Waals surface area contributed by atoms with Crippen LogP contribution in [0.25, 0.3) is 0 Å². The summed E-state index contributed by atoms with van der Waals surface area (Å²) < 4.78 is 0.673. The van der Waals surface area contributed by atoms with Crippen molar-refractivity contribution < 1.29 is 9.90 Å². The highest BCUT2D eigenvalue weighted by molar-refractivity contribution is 14.1. The largest absolute Gasteiger partial charge is 0.393 e. The molecule has 0 aliphatic rings. The number of aliphatic hydroxyl groups excluding tert-OH is 1. The van der Waals surface area contributed by atoms with E-state index in [1.807, 2.05) is 29.5 Å². The molecule has 0 bridgehead atoms. The highest BCUT2D eigenvalue weighted by atomic mass is 127. The minimum Gasteiger partial charge on any atom is -0.393 e. The fourth-order valence-corrected chi connectivity index (χ4v) is 2.42. The normalized spacial score (nSPS) is 12.3. The number of hydrogen-bond acceptors (Lipinski definition) is 2. The number of nitrogens with one attached hydrogen (secondary N) is 1. The molecule has 0 aromatic heterocycles. The van der Waals surface area contributed by atoms with E-state index in [1.54, 1.807) is 12.1 Å². The van der Waals surface area contributed by atoms with Crippen LogP contribution < -0.4 is 5.32 Å². The van der Waals surface area contributed by atoms with Gasteiger partial charge < -0.3 is 10.4 Å². The molecule has 3 nitrogen and oxygen atoms in total. The minimum atomic E-state index is -0.382. The monoisotopic (exact) mass is 401 g/mol. The first-order valence-corrected chi connectivity index (χ1v) is 7.40. The lowest BCUT2D eigenvalue weighted by atomic mass is 10.2. The van der Waals surface area contributed by atoms with Crippen LogP contribution in [0.2, 0.25) is 10.0 Å². The van der Waals surface area contributed by atoms with Gasteiger partial charge in [0.1, 0.15) is 0 Å². The summed E-state index contributed by atoms with van der Waals surface area (Å²) in [4.78, 5) is 11.9. The Morgan fingerprint density at radius 1 is 1.50 bits per heavy atom. The molecule has 0 aliphatic carbocycles. The number of rotatable bonds is 5. The molecule has 1 amide bonds. The topological polar surface area (TPSA) is 49.3 Å². The van der Waals surface area contributed by atoms with Crippen LogP contribution in [0.3, 0.4) is 0 Å². The molecule has 6 heteroatoms. The molecular formula is C12H14Cl2INO2. The maximum Gasteiger partial charge on any atom is 0.252 e. The van der Waals surface area contributed by atoms with E-state index in [9.17, 15) is 9.90 Å². The highest BCUT2D eigenvalue weighted by Crippen LogP contribution is 2.26. The summed E-state index contributed by atoms with van der Waals surface area (Å²) in [6.07, 6.45) is 0.830. The summed E-state index contributed by atoms with van der Waals surface area (Å²) in [6.45, 7) is 2.32. The van der Waals surface area contributed by atoms with Crippen LogP contribution in [0.1, 0.15) is 30.1 Å². The van der Waals surface area contributed by atoms with Crippen molar-refractivity contribution in [1.82, 2.24) is 5.32 Å². The van der Waals surface area contributed by atoms with Gasteiger partial charge in [-0.1, -0.05) is 30.1 Å².